The molecule has 6 heteroatoms. The van der Waals surface area contributed by atoms with E-state index in [0.717, 1.165) is 17.0 Å². The van der Waals surface area contributed by atoms with E-state index in [1.54, 1.807) is 0 Å². The van der Waals surface area contributed by atoms with Crippen molar-refractivity contribution < 1.29 is 19.1 Å². The van der Waals surface area contributed by atoms with Crippen molar-refractivity contribution in [2.75, 3.05) is 6.61 Å². The predicted molar refractivity (Wildman–Crippen MR) is 109 cm³/mol. The zero-order chi connectivity index (χ0) is 21.0. The van der Waals surface area contributed by atoms with Crippen LogP contribution in [0.15, 0.2) is 60.7 Å². The Morgan fingerprint density at radius 1 is 0.931 bits per heavy atom. The molecule has 3 aromatic rings. The molecule has 1 aromatic heterocycles. The smallest absolute Gasteiger partial charge is 0.338 e. The number of hydrogen-bond acceptors (Lipinski definition) is 4. The Morgan fingerprint density at radius 3 is 2.17 bits per heavy atom. The van der Waals surface area contributed by atoms with Crippen LogP contribution in [0.5, 0.6) is 0 Å². The molecule has 0 unspecified atom stereocenters. The van der Waals surface area contributed by atoms with Crippen molar-refractivity contribution in [2.24, 2.45) is 5.73 Å². The second-order valence-corrected chi connectivity index (χ2v) is 6.80. The number of carbonyl (C=O) groups excluding carboxylic acids is 3. The number of benzene rings is 2. The largest absolute Gasteiger partial charge is 0.454 e. The molecule has 0 bridgehead atoms. The van der Waals surface area contributed by atoms with Crippen molar-refractivity contribution in [3.05, 3.63) is 94.3 Å². The molecule has 0 spiro atoms. The van der Waals surface area contributed by atoms with Gasteiger partial charge in [0, 0.05) is 29.1 Å². The number of aromatic nitrogens is 1. The van der Waals surface area contributed by atoms with Gasteiger partial charge in [-0.1, -0.05) is 30.3 Å². The molecule has 1 amide bonds. The van der Waals surface area contributed by atoms with Gasteiger partial charge in [-0.15, -0.1) is 0 Å². The quantitative estimate of drug-likeness (QED) is 0.495. The van der Waals surface area contributed by atoms with Crippen LogP contribution in [0.25, 0.3) is 0 Å². The first-order chi connectivity index (χ1) is 13.9. The molecule has 0 fully saturated rings. The minimum Gasteiger partial charge on any atom is -0.454 e. The van der Waals surface area contributed by atoms with Crippen molar-refractivity contribution >= 4 is 17.7 Å². The standard InChI is InChI=1S/C23H22N2O4/c1-15-12-20(16(2)25(15)13-17-6-4-3-5-7-17)21(26)14-29-23(28)19-10-8-18(9-11-19)22(24)27/h3-12H,13-14H2,1-2H3,(H2,24,27). The summed E-state index contributed by atoms with van der Waals surface area (Å²) in [7, 11) is 0. The SMILES string of the molecule is Cc1cc(C(=O)COC(=O)c2ccc(C(N)=O)cc2)c(C)n1Cc1ccccc1. The van der Waals surface area contributed by atoms with Crippen molar-refractivity contribution in [2.45, 2.75) is 20.4 Å². The van der Waals surface area contributed by atoms with Gasteiger partial charge in [0.25, 0.3) is 0 Å². The number of carbonyl (C=O) groups is 3. The van der Waals surface area contributed by atoms with E-state index in [1.807, 2.05) is 50.2 Å². The minimum absolute atomic E-state index is 0.248. The molecule has 0 atom stereocenters. The van der Waals surface area contributed by atoms with Gasteiger partial charge in [0.05, 0.1) is 5.56 Å². The van der Waals surface area contributed by atoms with Crippen molar-refractivity contribution in [1.82, 2.24) is 4.57 Å². The number of nitrogens with zero attached hydrogens (tertiary/aromatic N) is 1. The van der Waals surface area contributed by atoms with Crippen LogP contribution in [0.3, 0.4) is 0 Å². The number of hydrogen-bond donors (Lipinski definition) is 1. The van der Waals surface area contributed by atoms with Gasteiger partial charge in [0.1, 0.15) is 0 Å². The van der Waals surface area contributed by atoms with Gasteiger partial charge in [0.15, 0.2) is 6.61 Å². The highest BCUT2D eigenvalue weighted by Crippen LogP contribution is 2.18. The first-order valence-electron chi connectivity index (χ1n) is 9.17. The summed E-state index contributed by atoms with van der Waals surface area (Å²) in [5, 5.41) is 0. The average molecular weight is 390 g/mol. The number of amides is 1. The molecular weight excluding hydrogens is 368 g/mol. The normalized spacial score (nSPS) is 10.6. The molecule has 0 aliphatic carbocycles. The van der Waals surface area contributed by atoms with Gasteiger partial charge in [0.2, 0.25) is 11.7 Å². The summed E-state index contributed by atoms with van der Waals surface area (Å²) in [4.78, 5) is 35.9. The van der Waals surface area contributed by atoms with Crippen LogP contribution in [0.4, 0.5) is 0 Å². The van der Waals surface area contributed by atoms with Crippen molar-refractivity contribution in [1.29, 1.82) is 0 Å². The number of ether oxygens (including phenoxy) is 1. The third kappa shape index (κ3) is 4.60. The second-order valence-electron chi connectivity index (χ2n) is 6.80. The first kappa shape index (κ1) is 20.1. The lowest BCUT2D eigenvalue weighted by atomic mass is 10.1. The number of aryl methyl sites for hydroxylation is 1. The molecule has 0 saturated heterocycles. The van der Waals surface area contributed by atoms with Gasteiger partial charge in [-0.25, -0.2) is 4.79 Å². The van der Waals surface area contributed by atoms with Crippen LogP contribution < -0.4 is 5.73 Å². The van der Waals surface area contributed by atoms with E-state index in [4.69, 9.17) is 10.5 Å². The minimum atomic E-state index is -0.632. The van der Waals surface area contributed by atoms with Crippen LogP contribution in [0, 0.1) is 13.8 Å². The maximum absolute atomic E-state index is 12.6. The fourth-order valence-corrected chi connectivity index (χ4v) is 3.16. The van der Waals surface area contributed by atoms with E-state index in [-0.39, 0.29) is 18.0 Å². The Bertz CT molecular complexity index is 1050. The Labute approximate surface area is 168 Å². The summed E-state index contributed by atoms with van der Waals surface area (Å²) in [6.07, 6.45) is 0. The highest BCUT2D eigenvalue weighted by atomic mass is 16.5. The molecule has 0 aliphatic heterocycles. The predicted octanol–water partition coefficient (Wildman–Crippen LogP) is 3.29. The third-order valence-corrected chi connectivity index (χ3v) is 4.80. The van der Waals surface area contributed by atoms with E-state index in [1.165, 1.54) is 24.3 Å². The molecule has 29 heavy (non-hydrogen) atoms. The lowest BCUT2D eigenvalue weighted by Gasteiger charge is -2.10. The lowest BCUT2D eigenvalue weighted by Crippen LogP contribution is -2.16. The van der Waals surface area contributed by atoms with E-state index >= 15 is 0 Å². The summed E-state index contributed by atoms with van der Waals surface area (Å²) in [5.41, 5.74) is 9.19. The molecule has 2 N–H and O–H groups in total. The van der Waals surface area contributed by atoms with E-state index in [2.05, 4.69) is 4.57 Å². The third-order valence-electron chi connectivity index (χ3n) is 4.80. The molecular formula is C23H22N2O4. The maximum Gasteiger partial charge on any atom is 0.338 e. The zero-order valence-electron chi connectivity index (χ0n) is 16.3. The van der Waals surface area contributed by atoms with Crippen molar-refractivity contribution in [3.63, 3.8) is 0 Å². The summed E-state index contributed by atoms with van der Waals surface area (Å²) in [5.74, 6) is -1.47. The zero-order valence-corrected chi connectivity index (χ0v) is 16.3. The molecule has 0 radical (unpaired) electrons. The molecule has 3 rings (SSSR count). The van der Waals surface area contributed by atoms with Gasteiger partial charge < -0.3 is 15.0 Å². The average Bonchev–Trinajstić information content (AvgIpc) is 3.01. The van der Waals surface area contributed by atoms with Crippen LogP contribution >= 0.6 is 0 Å². The Morgan fingerprint density at radius 2 is 1.55 bits per heavy atom. The van der Waals surface area contributed by atoms with Gasteiger partial charge >= 0.3 is 5.97 Å². The Kier molecular flexibility index (Phi) is 5.93. The fourth-order valence-electron chi connectivity index (χ4n) is 3.16. The first-order valence-corrected chi connectivity index (χ1v) is 9.17. The number of nitrogens with two attached hydrogens (primary N) is 1. The number of primary amides is 1. The van der Waals surface area contributed by atoms with Crippen LogP contribution in [-0.4, -0.2) is 28.8 Å². The summed E-state index contributed by atoms with van der Waals surface area (Å²) in [6, 6.07) is 17.6. The number of ketones is 1. The molecule has 0 saturated carbocycles. The topological polar surface area (TPSA) is 91.4 Å². The molecule has 6 nitrogen and oxygen atoms in total. The Balaban J connectivity index is 1.67. The molecule has 2 aromatic carbocycles. The van der Waals surface area contributed by atoms with Gasteiger partial charge in [-0.3, -0.25) is 9.59 Å². The van der Waals surface area contributed by atoms with Crippen LogP contribution in [0.2, 0.25) is 0 Å². The summed E-state index contributed by atoms with van der Waals surface area (Å²) < 4.78 is 7.22. The van der Waals surface area contributed by atoms with Crippen molar-refractivity contribution in [3.8, 4) is 0 Å². The van der Waals surface area contributed by atoms with E-state index in [0.29, 0.717) is 17.7 Å². The molecule has 0 aliphatic rings. The highest BCUT2D eigenvalue weighted by molar-refractivity contribution is 6.00. The highest BCUT2D eigenvalue weighted by Gasteiger charge is 2.18. The van der Waals surface area contributed by atoms with E-state index < -0.39 is 11.9 Å². The number of rotatable bonds is 7. The Hall–Kier alpha value is -3.67. The summed E-state index contributed by atoms with van der Waals surface area (Å²) in [6.45, 7) is 4.14. The molecule has 1 heterocycles. The van der Waals surface area contributed by atoms with Crippen LogP contribution in [-0.2, 0) is 11.3 Å². The van der Waals surface area contributed by atoms with Gasteiger partial charge in [-0.05, 0) is 49.7 Å². The van der Waals surface area contributed by atoms with Gasteiger partial charge in [-0.2, -0.15) is 0 Å². The monoisotopic (exact) mass is 390 g/mol. The van der Waals surface area contributed by atoms with E-state index in [9.17, 15) is 14.4 Å². The molecule has 148 valence electrons. The number of esters is 1. The van der Waals surface area contributed by atoms with Crippen LogP contribution in [0.1, 0.15) is 48.0 Å². The number of Topliss-reactive ketones (excluding diaryl/α,β-unsaturated/α-hetero) is 1. The lowest BCUT2D eigenvalue weighted by molar-refractivity contribution is 0.0474. The second kappa shape index (κ2) is 8.56. The maximum atomic E-state index is 12.6. The fraction of sp³-hybridized carbons (Fsp3) is 0.174. The summed E-state index contributed by atoms with van der Waals surface area (Å²) >= 11 is 0.